The Morgan fingerprint density at radius 2 is 1.84 bits per heavy atom. The Morgan fingerprint density at radius 1 is 1.19 bits per heavy atom. The second-order valence-electron chi connectivity index (χ2n) is 7.62. The molecule has 32 heavy (non-hydrogen) atoms. The van der Waals surface area contributed by atoms with Crippen LogP contribution in [0.5, 0.6) is 5.75 Å². The molecular formula is C22H22ClFN2O5S. The van der Waals surface area contributed by atoms with Gasteiger partial charge in [-0.2, -0.15) is 9.78 Å². The number of hydrogen-bond donors (Lipinski definition) is 1. The summed E-state index contributed by atoms with van der Waals surface area (Å²) in [5.74, 6) is -0.831. The molecular weight excluding hydrogens is 459 g/mol. The van der Waals surface area contributed by atoms with E-state index >= 15 is 0 Å². The highest BCUT2D eigenvalue weighted by Crippen LogP contribution is 2.28. The molecule has 0 aliphatic carbocycles. The number of halogens is 2. The van der Waals surface area contributed by atoms with E-state index in [0.29, 0.717) is 11.1 Å². The minimum Gasteiger partial charge on any atom is -0.485 e. The van der Waals surface area contributed by atoms with E-state index in [1.165, 1.54) is 42.6 Å². The minimum atomic E-state index is -3.39. The summed E-state index contributed by atoms with van der Waals surface area (Å²) >= 11 is 5.84. The molecule has 0 fully saturated rings. The van der Waals surface area contributed by atoms with Gasteiger partial charge in [0.15, 0.2) is 15.6 Å². The summed E-state index contributed by atoms with van der Waals surface area (Å²) < 4.78 is 43.7. The smallest absolute Gasteiger partial charge is 0.314 e. The maximum Gasteiger partial charge on any atom is 0.314 e. The van der Waals surface area contributed by atoms with Crippen LogP contribution >= 0.6 is 11.6 Å². The molecule has 0 radical (unpaired) electrons. The average Bonchev–Trinajstić information content (AvgIpc) is 2.74. The normalized spacial score (nSPS) is 12.7. The molecule has 1 unspecified atom stereocenters. The Bertz CT molecular complexity index is 1290. The molecule has 170 valence electrons. The molecule has 0 aliphatic heterocycles. The van der Waals surface area contributed by atoms with Crippen molar-refractivity contribution in [2.45, 2.75) is 24.8 Å². The molecule has 0 spiro atoms. The van der Waals surface area contributed by atoms with Crippen molar-refractivity contribution in [2.75, 3.05) is 12.9 Å². The molecule has 0 bridgehead atoms. The molecule has 0 aliphatic rings. The number of hydrogen-bond acceptors (Lipinski definition) is 6. The van der Waals surface area contributed by atoms with Crippen LogP contribution in [0, 0.1) is 11.7 Å². The third-order valence-corrected chi connectivity index (χ3v) is 6.26. The van der Waals surface area contributed by atoms with Gasteiger partial charge in [0.1, 0.15) is 12.4 Å². The first kappa shape index (κ1) is 23.9. The van der Waals surface area contributed by atoms with Crippen molar-refractivity contribution in [3.8, 4) is 22.6 Å². The topological polar surface area (TPSA) is 98.5 Å². The number of rotatable bonds is 7. The van der Waals surface area contributed by atoms with Crippen molar-refractivity contribution in [3.05, 3.63) is 69.9 Å². The molecule has 3 aromatic rings. The predicted molar refractivity (Wildman–Crippen MR) is 120 cm³/mol. The van der Waals surface area contributed by atoms with E-state index in [0.717, 1.165) is 17.0 Å². The quantitative estimate of drug-likeness (QED) is 0.555. The molecule has 1 heterocycles. The average molecular weight is 481 g/mol. The van der Waals surface area contributed by atoms with Gasteiger partial charge in [-0.3, -0.25) is 4.79 Å². The fraction of sp³-hybridized carbons (Fsp3) is 0.273. The number of sulfone groups is 1. The van der Waals surface area contributed by atoms with Crippen LogP contribution in [0.1, 0.15) is 13.8 Å². The van der Waals surface area contributed by atoms with Crippen molar-refractivity contribution >= 4 is 21.4 Å². The van der Waals surface area contributed by atoms with Gasteiger partial charge in [0.25, 0.3) is 0 Å². The van der Waals surface area contributed by atoms with E-state index in [9.17, 15) is 22.7 Å². The summed E-state index contributed by atoms with van der Waals surface area (Å²) in [5.41, 5.74) is 0.402. The van der Waals surface area contributed by atoms with Crippen LogP contribution in [0.25, 0.3) is 16.8 Å². The van der Waals surface area contributed by atoms with Crippen molar-refractivity contribution in [3.63, 3.8) is 0 Å². The lowest BCUT2D eigenvalue weighted by atomic mass is 10.1. The summed E-state index contributed by atoms with van der Waals surface area (Å²) in [5, 5.41) is 14.1. The van der Waals surface area contributed by atoms with Gasteiger partial charge in [-0.05, 0) is 41.8 Å². The molecule has 10 heteroatoms. The first-order chi connectivity index (χ1) is 15.0. The standard InChI is InChI=1S/C22H22ClFN2O5S/c1-13(2)20(27)12-31-21-17(14-4-7-16(8-5-14)32(3,29)30)11-25-26(22(21)28)15-6-9-19(24)18(23)10-15/h4-11,13,20,27H,12H2,1-3H3. The zero-order chi connectivity index (χ0) is 23.6. The van der Waals surface area contributed by atoms with E-state index < -0.39 is 27.3 Å². The maximum atomic E-state index is 13.5. The first-order valence-electron chi connectivity index (χ1n) is 9.68. The van der Waals surface area contributed by atoms with Gasteiger partial charge in [-0.15, -0.1) is 0 Å². The number of aromatic nitrogens is 2. The molecule has 0 saturated carbocycles. The van der Waals surface area contributed by atoms with Gasteiger partial charge in [0.05, 0.1) is 27.9 Å². The van der Waals surface area contributed by atoms with Gasteiger partial charge >= 0.3 is 5.56 Å². The number of ether oxygens (including phenoxy) is 1. The van der Waals surface area contributed by atoms with Crippen LogP contribution in [0.4, 0.5) is 4.39 Å². The van der Waals surface area contributed by atoms with Crippen molar-refractivity contribution < 1.29 is 22.7 Å². The third-order valence-electron chi connectivity index (χ3n) is 4.84. The predicted octanol–water partition coefficient (Wildman–Crippen LogP) is 3.49. The molecule has 3 rings (SSSR count). The van der Waals surface area contributed by atoms with Gasteiger partial charge in [0.2, 0.25) is 0 Å². The van der Waals surface area contributed by atoms with Gasteiger partial charge in [-0.25, -0.2) is 12.8 Å². The lowest BCUT2D eigenvalue weighted by Crippen LogP contribution is -2.28. The van der Waals surface area contributed by atoms with Crippen LogP contribution in [-0.4, -0.2) is 42.3 Å². The summed E-state index contributed by atoms with van der Waals surface area (Å²) in [7, 11) is -3.39. The second-order valence-corrected chi connectivity index (χ2v) is 10.0. The Morgan fingerprint density at radius 3 is 2.41 bits per heavy atom. The molecule has 1 aromatic heterocycles. The van der Waals surface area contributed by atoms with E-state index in [4.69, 9.17) is 16.3 Å². The molecule has 1 N–H and O–H groups in total. The molecule has 2 aromatic carbocycles. The van der Waals surface area contributed by atoms with Crippen molar-refractivity contribution in [1.82, 2.24) is 9.78 Å². The third kappa shape index (κ3) is 5.17. The first-order valence-corrected chi connectivity index (χ1v) is 11.9. The van der Waals surface area contributed by atoms with Gasteiger partial charge < -0.3 is 9.84 Å². The maximum absolute atomic E-state index is 13.5. The fourth-order valence-electron chi connectivity index (χ4n) is 2.83. The van der Waals surface area contributed by atoms with Gasteiger partial charge in [0, 0.05) is 11.8 Å². The lowest BCUT2D eigenvalue weighted by molar-refractivity contribution is 0.0695. The SMILES string of the molecule is CC(C)C(O)COc1c(-c2ccc(S(C)(=O)=O)cc2)cnn(-c2ccc(F)c(Cl)c2)c1=O. The Kier molecular flexibility index (Phi) is 7.02. The van der Waals surface area contributed by atoms with E-state index in [1.54, 1.807) is 0 Å². The zero-order valence-corrected chi connectivity index (χ0v) is 19.2. The molecule has 1 atom stereocenters. The van der Waals surface area contributed by atoms with Gasteiger partial charge in [-0.1, -0.05) is 37.6 Å². The van der Waals surface area contributed by atoms with Crippen LogP contribution < -0.4 is 10.3 Å². The number of benzene rings is 2. The molecule has 7 nitrogen and oxygen atoms in total. The van der Waals surface area contributed by atoms with Crippen LogP contribution in [0.15, 0.2) is 58.4 Å². The Labute approximate surface area is 190 Å². The zero-order valence-electron chi connectivity index (χ0n) is 17.6. The Hall–Kier alpha value is -2.75. The summed E-state index contributed by atoms with van der Waals surface area (Å²) in [6.45, 7) is 3.48. The van der Waals surface area contributed by atoms with E-state index in [2.05, 4.69) is 5.10 Å². The largest absolute Gasteiger partial charge is 0.485 e. The molecule has 0 saturated heterocycles. The van der Waals surface area contributed by atoms with Crippen LogP contribution in [0.3, 0.4) is 0 Å². The summed E-state index contributed by atoms with van der Waals surface area (Å²) in [4.78, 5) is 13.4. The number of aliphatic hydroxyl groups excluding tert-OH is 1. The highest BCUT2D eigenvalue weighted by Gasteiger charge is 2.19. The summed E-state index contributed by atoms with van der Waals surface area (Å²) in [6, 6.07) is 9.65. The van der Waals surface area contributed by atoms with Crippen molar-refractivity contribution in [2.24, 2.45) is 5.92 Å². The highest BCUT2D eigenvalue weighted by molar-refractivity contribution is 7.90. The monoisotopic (exact) mass is 480 g/mol. The molecule has 0 amide bonds. The van der Waals surface area contributed by atoms with Crippen LogP contribution in [-0.2, 0) is 9.84 Å². The van der Waals surface area contributed by atoms with Crippen molar-refractivity contribution in [1.29, 1.82) is 0 Å². The minimum absolute atomic E-state index is 0.0905. The second kappa shape index (κ2) is 9.40. The lowest BCUT2D eigenvalue weighted by Gasteiger charge is -2.18. The summed E-state index contributed by atoms with van der Waals surface area (Å²) in [6.07, 6.45) is 1.66. The van der Waals surface area contributed by atoms with E-state index in [-0.39, 0.29) is 33.9 Å². The Balaban J connectivity index is 2.13. The highest BCUT2D eigenvalue weighted by atomic mass is 35.5. The van der Waals surface area contributed by atoms with Crippen LogP contribution in [0.2, 0.25) is 5.02 Å². The number of aliphatic hydroxyl groups is 1. The van der Waals surface area contributed by atoms with E-state index in [1.807, 2.05) is 13.8 Å². The number of nitrogens with zero attached hydrogens (tertiary/aromatic N) is 2. The fourth-order valence-corrected chi connectivity index (χ4v) is 3.63.